The first kappa shape index (κ1) is 21.0. The van der Waals surface area contributed by atoms with Gasteiger partial charge in [0.25, 0.3) is 0 Å². The number of benzene rings is 1. The third-order valence-electron chi connectivity index (χ3n) is 6.83. The third kappa shape index (κ3) is 2.97. The Hall–Kier alpha value is -2.53. The number of nitrogens with zero attached hydrogens (tertiary/aromatic N) is 6. The van der Waals surface area contributed by atoms with Crippen LogP contribution in [0.2, 0.25) is 10.2 Å². The summed E-state index contributed by atoms with van der Waals surface area (Å²) < 4.78 is 16.4. The number of aliphatic hydroxyl groups is 1. The summed E-state index contributed by atoms with van der Waals surface area (Å²) >= 11 is 13.1. The summed E-state index contributed by atoms with van der Waals surface area (Å²) in [6.07, 6.45) is 0.913. The predicted octanol–water partition coefficient (Wildman–Crippen LogP) is 3.11. The third-order valence-corrected chi connectivity index (χ3v) is 7.66. The Morgan fingerprint density at radius 3 is 2.88 bits per heavy atom. The summed E-state index contributed by atoms with van der Waals surface area (Å²) in [5, 5.41) is 23.2. The Labute approximate surface area is 197 Å². The number of fused-ring (bicyclic) bond motifs is 4. The lowest BCUT2D eigenvalue weighted by Crippen LogP contribution is -2.56. The van der Waals surface area contributed by atoms with E-state index in [2.05, 4.69) is 20.3 Å². The van der Waals surface area contributed by atoms with Gasteiger partial charge in [-0.2, -0.15) is 10.2 Å². The molecule has 5 heterocycles. The second kappa shape index (κ2) is 7.49. The van der Waals surface area contributed by atoms with Gasteiger partial charge in [-0.25, -0.2) is 14.4 Å². The molecule has 4 aromatic rings. The average Bonchev–Trinajstić information content (AvgIpc) is 3.45. The molecule has 2 aliphatic rings. The highest BCUT2D eigenvalue weighted by atomic mass is 35.5. The summed E-state index contributed by atoms with van der Waals surface area (Å²) in [4.78, 5) is 11.3. The molecule has 12 heteroatoms. The molecular formula is C21H21Cl2FN8O. The number of rotatable bonds is 3. The van der Waals surface area contributed by atoms with Crippen molar-refractivity contribution in [1.82, 2.24) is 29.9 Å². The topological polar surface area (TPSA) is 122 Å². The van der Waals surface area contributed by atoms with Crippen molar-refractivity contribution in [3.63, 3.8) is 0 Å². The molecule has 3 aromatic heterocycles. The van der Waals surface area contributed by atoms with Crippen LogP contribution in [-0.2, 0) is 13.7 Å². The van der Waals surface area contributed by atoms with Gasteiger partial charge < -0.3 is 15.7 Å². The average molecular weight is 491 g/mol. The minimum absolute atomic E-state index is 0.0704. The van der Waals surface area contributed by atoms with Crippen LogP contribution in [0.5, 0.6) is 0 Å². The molecule has 0 amide bonds. The van der Waals surface area contributed by atoms with Gasteiger partial charge in [0.2, 0.25) is 0 Å². The maximum absolute atomic E-state index is 14.9. The molecule has 4 atom stereocenters. The zero-order valence-electron chi connectivity index (χ0n) is 17.6. The standard InChI is InChI=1S/C21H21Cl2FN8O/c1-31-19(23)14-11(30-31)4-3-9(15(14)22)17-18-20(29-28-17)27-21(12(7-33)26-18)32-8-2-5-13(32)16(24)10(25)6-8/h3-4,8,10,13,16,33H,2,5-7,25H2,1H3,(H,27,28,29)/t8-,10+,13+,16-/m1/s1. The number of aromatic nitrogens is 6. The van der Waals surface area contributed by atoms with Crippen LogP contribution < -0.4 is 10.6 Å². The highest BCUT2D eigenvalue weighted by Gasteiger charge is 2.48. The van der Waals surface area contributed by atoms with Gasteiger partial charge in [0, 0.05) is 24.7 Å². The van der Waals surface area contributed by atoms with E-state index in [-0.39, 0.29) is 18.7 Å². The summed E-state index contributed by atoms with van der Waals surface area (Å²) in [7, 11) is 1.74. The summed E-state index contributed by atoms with van der Waals surface area (Å²) in [6, 6.07) is 2.83. The van der Waals surface area contributed by atoms with Gasteiger partial charge in [0.15, 0.2) is 11.5 Å². The Morgan fingerprint density at radius 1 is 1.27 bits per heavy atom. The number of aromatic amines is 1. The van der Waals surface area contributed by atoms with Gasteiger partial charge in [-0.05, 0) is 31.4 Å². The molecule has 1 aromatic carbocycles. The van der Waals surface area contributed by atoms with E-state index in [1.165, 1.54) is 0 Å². The fraction of sp³-hybridized carbons (Fsp3) is 0.429. The number of nitrogens with two attached hydrogens (primary N) is 1. The second-order valence-electron chi connectivity index (χ2n) is 8.71. The normalized spacial score (nSPS) is 25.0. The molecule has 0 spiro atoms. The van der Waals surface area contributed by atoms with Gasteiger partial charge in [0.1, 0.15) is 28.2 Å². The van der Waals surface area contributed by atoms with E-state index in [0.29, 0.717) is 67.9 Å². The van der Waals surface area contributed by atoms with Crippen molar-refractivity contribution in [1.29, 1.82) is 0 Å². The number of hydrogen-bond acceptors (Lipinski definition) is 7. The van der Waals surface area contributed by atoms with Crippen molar-refractivity contribution in [3.8, 4) is 11.3 Å². The van der Waals surface area contributed by atoms with Gasteiger partial charge in [-0.15, -0.1) is 0 Å². The molecule has 4 N–H and O–H groups in total. The largest absolute Gasteiger partial charge is 0.390 e. The van der Waals surface area contributed by atoms with E-state index in [1.54, 1.807) is 17.8 Å². The van der Waals surface area contributed by atoms with Crippen LogP contribution in [0.25, 0.3) is 33.3 Å². The number of nitrogens with one attached hydrogen (secondary N) is 1. The summed E-state index contributed by atoms with van der Waals surface area (Å²) in [6.45, 7) is -0.344. The first-order valence-corrected chi connectivity index (χ1v) is 11.5. The van der Waals surface area contributed by atoms with E-state index < -0.39 is 12.2 Å². The van der Waals surface area contributed by atoms with E-state index >= 15 is 0 Å². The molecule has 9 nitrogen and oxygen atoms in total. The van der Waals surface area contributed by atoms with Crippen molar-refractivity contribution in [3.05, 3.63) is 28.0 Å². The highest BCUT2D eigenvalue weighted by Crippen LogP contribution is 2.42. The van der Waals surface area contributed by atoms with Crippen LogP contribution >= 0.6 is 23.2 Å². The Balaban J connectivity index is 1.49. The fourth-order valence-electron chi connectivity index (χ4n) is 5.28. The van der Waals surface area contributed by atoms with Gasteiger partial charge >= 0.3 is 0 Å². The van der Waals surface area contributed by atoms with Gasteiger partial charge in [-0.3, -0.25) is 9.78 Å². The number of aryl methyl sites for hydroxylation is 1. The minimum atomic E-state index is -1.15. The number of piperidine rings is 1. The minimum Gasteiger partial charge on any atom is -0.390 e. The molecule has 2 saturated heterocycles. The Morgan fingerprint density at radius 2 is 2.09 bits per heavy atom. The van der Waals surface area contributed by atoms with E-state index in [0.717, 1.165) is 6.42 Å². The molecule has 0 aliphatic carbocycles. The quantitative estimate of drug-likeness (QED) is 0.403. The molecule has 33 heavy (non-hydrogen) atoms. The SMILES string of the molecule is Cn1nc2ccc(-c3n[nH]c4nc(N5[C@@H]6CC[C@H]5[C@H](F)[C@@H](N)C6)c(CO)nc34)c(Cl)c2c1Cl. The van der Waals surface area contributed by atoms with Crippen LogP contribution in [0.1, 0.15) is 25.0 Å². The zero-order chi connectivity index (χ0) is 23.0. The van der Waals surface area contributed by atoms with E-state index in [4.69, 9.17) is 33.9 Å². The Kier molecular flexibility index (Phi) is 4.77. The number of anilines is 1. The summed E-state index contributed by atoms with van der Waals surface area (Å²) in [5.74, 6) is 0.471. The number of alkyl halides is 1. The number of hydrogen-bond donors (Lipinski definition) is 3. The first-order valence-electron chi connectivity index (χ1n) is 10.7. The van der Waals surface area contributed by atoms with Crippen molar-refractivity contribution < 1.29 is 9.50 Å². The molecule has 6 rings (SSSR count). The maximum atomic E-state index is 14.9. The van der Waals surface area contributed by atoms with Gasteiger partial charge in [-0.1, -0.05) is 23.2 Å². The molecular weight excluding hydrogens is 470 g/mol. The molecule has 0 saturated carbocycles. The van der Waals surface area contributed by atoms with Crippen LogP contribution in [0, 0.1) is 0 Å². The molecule has 0 unspecified atom stereocenters. The number of H-pyrrole nitrogens is 1. The van der Waals surface area contributed by atoms with Crippen LogP contribution in [0.15, 0.2) is 12.1 Å². The number of aliphatic hydroxyl groups excluding tert-OH is 1. The van der Waals surface area contributed by atoms with Crippen molar-refractivity contribution in [2.75, 3.05) is 4.90 Å². The zero-order valence-corrected chi connectivity index (χ0v) is 19.1. The molecule has 172 valence electrons. The van der Waals surface area contributed by atoms with Crippen LogP contribution in [-0.4, -0.2) is 59.3 Å². The lowest BCUT2D eigenvalue weighted by molar-refractivity contribution is 0.202. The van der Waals surface area contributed by atoms with Crippen molar-refractivity contribution in [2.45, 2.75) is 50.2 Å². The fourth-order valence-corrected chi connectivity index (χ4v) is 5.89. The molecule has 2 bridgehead atoms. The lowest BCUT2D eigenvalue weighted by atomic mass is 9.96. The van der Waals surface area contributed by atoms with Gasteiger partial charge in [0.05, 0.1) is 28.6 Å². The highest BCUT2D eigenvalue weighted by molar-refractivity contribution is 6.43. The maximum Gasteiger partial charge on any atom is 0.177 e. The predicted molar refractivity (Wildman–Crippen MR) is 124 cm³/mol. The number of halogens is 3. The van der Waals surface area contributed by atoms with Crippen LogP contribution in [0.4, 0.5) is 10.2 Å². The lowest BCUT2D eigenvalue weighted by Gasteiger charge is -2.41. The monoisotopic (exact) mass is 490 g/mol. The molecule has 0 radical (unpaired) electrons. The van der Waals surface area contributed by atoms with E-state index in [1.807, 2.05) is 11.0 Å². The smallest absolute Gasteiger partial charge is 0.177 e. The molecule has 2 aliphatic heterocycles. The second-order valence-corrected chi connectivity index (χ2v) is 9.44. The first-order chi connectivity index (χ1) is 15.9. The Bertz CT molecular complexity index is 1400. The van der Waals surface area contributed by atoms with E-state index in [9.17, 15) is 9.50 Å². The van der Waals surface area contributed by atoms with Crippen molar-refractivity contribution in [2.24, 2.45) is 12.8 Å². The van der Waals surface area contributed by atoms with Crippen molar-refractivity contribution >= 4 is 51.1 Å². The molecule has 2 fully saturated rings. The summed E-state index contributed by atoms with van der Waals surface area (Å²) in [5.41, 5.74) is 9.02. The van der Waals surface area contributed by atoms with Crippen LogP contribution in [0.3, 0.4) is 0 Å².